The van der Waals surface area contributed by atoms with Crippen LogP contribution in [0, 0.1) is 0 Å². The predicted molar refractivity (Wildman–Crippen MR) is 75.0 cm³/mol. The Balaban J connectivity index is 0.00000112. The predicted octanol–water partition coefficient (Wildman–Crippen LogP) is 2.85. The normalized spacial score (nSPS) is 24.8. The van der Waals surface area contributed by atoms with Crippen molar-refractivity contribution in [3.05, 3.63) is 0 Å². The number of rotatable bonds is 1. The molecule has 0 aromatic heterocycles. The van der Waals surface area contributed by atoms with Crippen molar-refractivity contribution >= 4 is 24.8 Å². The Morgan fingerprint density at radius 1 is 0.750 bits per heavy atom. The van der Waals surface area contributed by atoms with E-state index in [2.05, 4.69) is 10.2 Å². The lowest BCUT2D eigenvalue weighted by atomic mass is 10.0. The number of hydrogen-bond acceptors (Lipinski definition) is 2. The third-order valence-electron chi connectivity index (χ3n) is 3.72. The van der Waals surface area contributed by atoms with Gasteiger partial charge in [0, 0.05) is 6.04 Å². The Morgan fingerprint density at radius 3 is 1.81 bits per heavy atom. The van der Waals surface area contributed by atoms with Gasteiger partial charge in [-0.25, -0.2) is 0 Å². The number of likely N-dealkylation sites (tertiary alicyclic amines) is 1. The molecule has 0 unspecified atom stereocenters. The lowest BCUT2D eigenvalue weighted by Gasteiger charge is -2.35. The van der Waals surface area contributed by atoms with Crippen molar-refractivity contribution in [1.29, 1.82) is 0 Å². The topological polar surface area (TPSA) is 15.3 Å². The summed E-state index contributed by atoms with van der Waals surface area (Å²) < 4.78 is 0. The number of nitrogens with zero attached hydrogens (tertiary/aromatic N) is 1. The smallest absolute Gasteiger partial charge is 0.0119 e. The highest BCUT2D eigenvalue weighted by molar-refractivity contribution is 5.85. The molecule has 16 heavy (non-hydrogen) atoms. The third kappa shape index (κ3) is 5.22. The SMILES string of the molecule is C1CCCN(C2CCNCC2)CCC1.Cl.Cl. The van der Waals surface area contributed by atoms with Crippen LogP contribution in [-0.4, -0.2) is 37.1 Å². The molecule has 0 bridgehead atoms. The number of halogens is 2. The first-order valence-corrected chi connectivity index (χ1v) is 6.41. The molecule has 2 aliphatic rings. The molecule has 2 fully saturated rings. The average molecular weight is 269 g/mol. The summed E-state index contributed by atoms with van der Waals surface area (Å²) in [5, 5.41) is 3.46. The van der Waals surface area contributed by atoms with Crippen LogP contribution in [0.2, 0.25) is 0 Å². The van der Waals surface area contributed by atoms with Crippen LogP contribution in [0.25, 0.3) is 0 Å². The van der Waals surface area contributed by atoms with Crippen LogP contribution >= 0.6 is 24.8 Å². The van der Waals surface area contributed by atoms with Crippen molar-refractivity contribution in [1.82, 2.24) is 10.2 Å². The molecule has 4 heteroatoms. The molecule has 0 radical (unpaired) electrons. The third-order valence-corrected chi connectivity index (χ3v) is 3.72. The zero-order chi connectivity index (χ0) is 9.64. The molecule has 0 aromatic rings. The summed E-state index contributed by atoms with van der Waals surface area (Å²) in [5.41, 5.74) is 0. The minimum absolute atomic E-state index is 0. The van der Waals surface area contributed by atoms with E-state index in [0.717, 1.165) is 6.04 Å². The van der Waals surface area contributed by atoms with E-state index in [9.17, 15) is 0 Å². The van der Waals surface area contributed by atoms with Crippen LogP contribution < -0.4 is 5.32 Å². The second kappa shape index (κ2) is 9.52. The molecule has 2 nitrogen and oxygen atoms in total. The van der Waals surface area contributed by atoms with Crippen LogP contribution in [0.3, 0.4) is 0 Å². The van der Waals surface area contributed by atoms with E-state index in [1.807, 2.05) is 0 Å². The first kappa shape index (κ1) is 16.5. The van der Waals surface area contributed by atoms with E-state index in [4.69, 9.17) is 0 Å². The fraction of sp³-hybridized carbons (Fsp3) is 1.00. The van der Waals surface area contributed by atoms with Gasteiger partial charge in [0.1, 0.15) is 0 Å². The van der Waals surface area contributed by atoms with Gasteiger partial charge in [-0.05, 0) is 51.9 Å². The van der Waals surface area contributed by atoms with Crippen molar-refractivity contribution in [2.45, 2.75) is 51.0 Å². The van der Waals surface area contributed by atoms with Crippen LogP contribution in [0.15, 0.2) is 0 Å². The molecule has 0 saturated carbocycles. The van der Waals surface area contributed by atoms with Crippen molar-refractivity contribution in [3.63, 3.8) is 0 Å². The quantitative estimate of drug-likeness (QED) is 0.787. The summed E-state index contributed by atoms with van der Waals surface area (Å²) in [6.45, 7) is 5.21. The second-order valence-corrected chi connectivity index (χ2v) is 4.78. The van der Waals surface area contributed by atoms with Gasteiger partial charge in [0.25, 0.3) is 0 Å². The highest BCUT2D eigenvalue weighted by Crippen LogP contribution is 2.17. The summed E-state index contributed by atoms with van der Waals surface area (Å²) in [6.07, 6.45) is 10.0. The first-order valence-electron chi connectivity index (χ1n) is 6.41. The number of nitrogens with one attached hydrogen (secondary N) is 1. The highest BCUT2D eigenvalue weighted by atomic mass is 35.5. The molecule has 98 valence electrons. The van der Waals surface area contributed by atoms with Gasteiger partial charge < -0.3 is 10.2 Å². The van der Waals surface area contributed by atoms with E-state index in [1.165, 1.54) is 71.1 Å². The number of hydrogen-bond donors (Lipinski definition) is 1. The molecular formula is C12H26Cl2N2. The van der Waals surface area contributed by atoms with Crippen LogP contribution in [0.1, 0.15) is 44.9 Å². The van der Waals surface area contributed by atoms with Crippen LogP contribution in [0.4, 0.5) is 0 Å². The number of piperidine rings is 1. The van der Waals surface area contributed by atoms with E-state index in [0.29, 0.717) is 0 Å². The monoisotopic (exact) mass is 268 g/mol. The van der Waals surface area contributed by atoms with Crippen LogP contribution in [0.5, 0.6) is 0 Å². The molecule has 2 aliphatic heterocycles. The molecule has 0 spiro atoms. The van der Waals surface area contributed by atoms with Crippen molar-refractivity contribution in [3.8, 4) is 0 Å². The zero-order valence-corrected chi connectivity index (χ0v) is 11.8. The minimum Gasteiger partial charge on any atom is -0.317 e. The van der Waals surface area contributed by atoms with Gasteiger partial charge in [-0.1, -0.05) is 19.3 Å². The Hall–Kier alpha value is 0.500. The molecule has 2 heterocycles. The summed E-state index contributed by atoms with van der Waals surface area (Å²) in [6, 6.07) is 0.898. The lowest BCUT2D eigenvalue weighted by Crippen LogP contribution is -2.44. The van der Waals surface area contributed by atoms with Gasteiger partial charge in [0.15, 0.2) is 0 Å². The minimum atomic E-state index is 0. The second-order valence-electron chi connectivity index (χ2n) is 4.78. The van der Waals surface area contributed by atoms with E-state index < -0.39 is 0 Å². The van der Waals surface area contributed by atoms with Crippen molar-refractivity contribution in [2.75, 3.05) is 26.2 Å². The Bertz CT molecular complexity index is 153. The Morgan fingerprint density at radius 2 is 1.25 bits per heavy atom. The maximum absolute atomic E-state index is 3.46. The zero-order valence-electron chi connectivity index (χ0n) is 10.1. The van der Waals surface area contributed by atoms with Crippen molar-refractivity contribution in [2.24, 2.45) is 0 Å². The van der Waals surface area contributed by atoms with E-state index in [-0.39, 0.29) is 24.8 Å². The van der Waals surface area contributed by atoms with Crippen LogP contribution in [-0.2, 0) is 0 Å². The molecule has 0 aliphatic carbocycles. The maximum atomic E-state index is 3.46. The summed E-state index contributed by atoms with van der Waals surface area (Å²) in [7, 11) is 0. The molecule has 2 saturated heterocycles. The fourth-order valence-corrected chi connectivity index (χ4v) is 2.81. The summed E-state index contributed by atoms with van der Waals surface area (Å²) in [5.74, 6) is 0. The molecule has 1 N–H and O–H groups in total. The molecule has 0 atom stereocenters. The Labute approximate surface area is 112 Å². The Kier molecular flexibility index (Phi) is 9.82. The average Bonchev–Trinajstić information content (AvgIpc) is 2.18. The summed E-state index contributed by atoms with van der Waals surface area (Å²) in [4.78, 5) is 2.76. The van der Waals surface area contributed by atoms with Gasteiger partial charge in [0.2, 0.25) is 0 Å². The fourth-order valence-electron chi connectivity index (χ4n) is 2.81. The van der Waals surface area contributed by atoms with Gasteiger partial charge >= 0.3 is 0 Å². The standard InChI is InChI=1S/C12H24N2.2ClH/c1-2-4-10-14(11-5-3-1)12-6-8-13-9-7-12;;/h12-13H,1-11H2;2*1H. The van der Waals surface area contributed by atoms with Gasteiger partial charge in [0.05, 0.1) is 0 Å². The summed E-state index contributed by atoms with van der Waals surface area (Å²) >= 11 is 0. The lowest BCUT2D eigenvalue weighted by molar-refractivity contribution is 0.149. The largest absolute Gasteiger partial charge is 0.317 e. The van der Waals surface area contributed by atoms with Gasteiger partial charge in [-0.15, -0.1) is 24.8 Å². The van der Waals surface area contributed by atoms with Gasteiger partial charge in [-0.3, -0.25) is 0 Å². The highest BCUT2D eigenvalue weighted by Gasteiger charge is 2.20. The molecule has 2 rings (SSSR count). The van der Waals surface area contributed by atoms with E-state index in [1.54, 1.807) is 0 Å². The van der Waals surface area contributed by atoms with Gasteiger partial charge in [-0.2, -0.15) is 0 Å². The molecule has 0 amide bonds. The molecule has 0 aromatic carbocycles. The van der Waals surface area contributed by atoms with E-state index >= 15 is 0 Å². The molecular weight excluding hydrogens is 243 g/mol. The maximum Gasteiger partial charge on any atom is 0.0119 e. The first-order chi connectivity index (χ1) is 6.97. The van der Waals surface area contributed by atoms with Crippen molar-refractivity contribution < 1.29 is 0 Å².